The number of fused-ring (bicyclic) bond motifs is 1. The monoisotopic (exact) mass is 443 g/mol. The summed E-state index contributed by atoms with van der Waals surface area (Å²) in [6, 6.07) is 9.90. The van der Waals surface area contributed by atoms with E-state index in [2.05, 4.69) is 20.4 Å². The quantitative estimate of drug-likeness (QED) is 0.500. The molecule has 0 unspecified atom stereocenters. The Bertz CT molecular complexity index is 1290. The van der Waals surface area contributed by atoms with Gasteiger partial charge in [-0.3, -0.25) is 9.78 Å². The lowest BCUT2D eigenvalue weighted by molar-refractivity contribution is -0.142. The van der Waals surface area contributed by atoms with E-state index in [1.807, 2.05) is 0 Å². The fourth-order valence-corrected chi connectivity index (χ4v) is 3.06. The molecule has 0 atom stereocenters. The number of carbonyl (C=O) groups is 1. The number of nitrogens with zero attached hydrogens (tertiary/aromatic N) is 4. The van der Waals surface area contributed by atoms with Gasteiger partial charge in [0.25, 0.3) is 5.91 Å². The van der Waals surface area contributed by atoms with E-state index in [0.29, 0.717) is 27.3 Å². The van der Waals surface area contributed by atoms with Crippen LogP contribution in [0, 0.1) is 0 Å². The van der Waals surface area contributed by atoms with Gasteiger partial charge in [-0.15, -0.1) is 0 Å². The van der Waals surface area contributed by atoms with Crippen LogP contribution >= 0.6 is 0 Å². The van der Waals surface area contributed by atoms with Gasteiger partial charge in [-0.05, 0) is 36.4 Å². The number of carbonyl (C=O) groups excluding carboxylic acids is 1. The average molecular weight is 443 g/mol. The Morgan fingerprint density at radius 2 is 1.84 bits per heavy atom. The standard InChI is InChI=1S/C21H16F3N5O3/c1-31-16-6-5-12(8-17(16)32-2)14-9-18(21(22,23)24)29-19(27-14)10-15(28-29)20(30)26-13-4-3-7-25-11-13/h3-11H,1-2H3,(H,26,30). The molecule has 1 N–H and O–H groups in total. The topological polar surface area (TPSA) is 90.6 Å². The van der Waals surface area contributed by atoms with Gasteiger partial charge in [0.1, 0.15) is 0 Å². The van der Waals surface area contributed by atoms with E-state index in [1.54, 1.807) is 24.3 Å². The van der Waals surface area contributed by atoms with Gasteiger partial charge in [0.2, 0.25) is 0 Å². The molecule has 32 heavy (non-hydrogen) atoms. The molecule has 0 aliphatic rings. The first-order valence-corrected chi connectivity index (χ1v) is 9.22. The Morgan fingerprint density at radius 1 is 1.06 bits per heavy atom. The number of halogens is 3. The first-order valence-electron chi connectivity index (χ1n) is 9.22. The number of amides is 1. The molecular formula is C21H16F3N5O3. The van der Waals surface area contributed by atoms with Crippen molar-refractivity contribution in [1.29, 1.82) is 0 Å². The Hall–Kier alpha value is -4.15. The highest BCUT2D eigenvalue weighted by Gasteiger charge is 2.35. The number of hydrogen-bond acceptors (Lipinski definition) is 6. The molecule has 0 saturated heterocycles. The normalized spacial score (nSPS) is 11.4. The third kappa shape index (κ3) is 4.04. The molecule has 3 aromatic heterocycles. The minimum absolute atomic E-state index is 0.0323. The second-order valence-corrected chi connectivity index (χ2v) is 6.59. The molecule has 0 aliphatic heterocycles. The van der Waals surface area contributed by atoms with E-state index < -0.39 is 17.8 Å². The highest BCUT2D eigenvalue weighted by atomic mass is 19.4. The fraction of sp³-hybridized carbons (Fsp3) is 0.143. The van der Waals surface area contributed by atoms with Crippen LogP contribution in [0.2, 0.25) is 0 Å². The van der Waals surface area contributed by atoms with Gasteiger partial charge < -0.3 is 14.8 Å². The summed E-state index contributed by atoms with van der Waals surface area (Å²) in [6.07, 6.45) is -1.81. The second kappa shape index (κ2) is 8.17. The summed E-state index contributed by atoms with van der Waals surface area (Å²) in [4.78, 5) is 20.6. The van der Waals surface area contributed by atoms with Crippen molar-refractivity contribution in [3.8, 4) is 22.8 Å². The van der Waals surface area contributed by atoms with Crippen molar-refractivity contribution in [2.24, 2.45) is 0 Å². The van der Waals surface area contributed by atoms with E-state index in [1.165, 1.54) is 38.7 Å². The van der Waals surface area contributed by atoms with E-state index in [4.69, 9.17) is 9.47 Å². The van der Waals surface area contributed by atoms with Crippen molar-refractivity contribution in [2.75, 3.05) is 19.5 Å². The summed E-state index contributed by atoms with van der Waals surface area (Å²) in [6.45, 7) is 0. The number of rotatable bonds is 5. The summed E-state index contributed by atoms with van der Waals surface area (Å²) in [5, 5.41) is 6.36. The predicted molar refractivity (Wildman–Crippen MR) is 109 cm³/mol. The van der Waals surface area contributed by atoms with Crippen LogP contribution in [-0.2, 0) is 6.18 Å². The van der Waals surface area contributed by atoms with Crippen LogP contribution in [-0.4, -0.2) is 39.7 Å². The number of aromatic nitrogens is 4. The molecule has 1 amide bonds. The Labute approximate surface area is 179 Å². The van der Waals surface area contributed by atoms with Gasteiger partial charge >= 0.3 is 6.18 Å². The molecule has 0 aliphatic carbocycles. The van der Waals surface area contributed by atoms with E-state index in [0.717, 1.165) is 6.07 Å². The Morgan fingerprint density at radius 3 is 2.50 bits per heavy atom. The van der Waals surface area contributed by atoms with Crippen molar-refractivity contribution in [3.05, 3.63) is 66.2 Å². The highest BCUT2D eigenvalue weighted by molar-refractivity contribution is 6.03. The molecule has 4 rings (SSSR count). The molecule has 3 heterocycles. The molecule has 11 heteroatoms. The molecule has 0 fully saturated rings. The summed E-state index contributed by atoms with van der Waals surface area (Å²) < 4.78 is 52.4. The number of pyridine rings is 1. The van der Waals surface area contributed by atoms with Crippen LogP contribution in [0.3, 0.4) is 0 Å². The maximum atomic E-state index is 13.8. The van der Waals surface area contributed by atoms with Gasteiger partial charge in [-0.1, -0.05) is 0 Å². The molecule has 164 valence electrons. The van der Waals surface area contributed by atoms with Crippen LogP contribution < -0.4 is 14.8 Å². The minimum atomic E-state index is -4.74. The minimum Gasteiger partial charge on any atom is -0.493 e. The summed E-state index contributed by atoms with van der Waals surface area (Å²) >= 11 is 0. The zero-order valence-corrected chi connectivity index (χ0v) is 16.8. The Kier molecular flexibility index (Phi) is 5.39. The number of benzene rings is 1. The van der Waals surface area contributed by atoms with E-state index in [-0.39, 0.29) is 17.0 Å². The molecule has 0 bridgehead atoms. The number of nitrogens with one attached hydrogen (secondary N) is 1. The highest BCUT2D eigenvalue weighted by Crippen LogP contribution is 2.35. The SMILES string of the molecule is COc1ccc(-c2cc(C(F)(F)F)n3nc(C(=O)Nc4cccnc4)cc3n2)cc1OC. The molecule has 0 saturated carbocycles. The zero-order valence-electron chi connectivity index (χ0n) is 16.8. The largest absolute Gasteiger partial charge is 0.493 e. The van der Waals surface area contributed by atoms with Crippen molar-refractivity contribution >= 4 is 17.2 Å². The third-order valence-electron chi connectivity index (χ3n) is 4.55. The van der Waals surface area contributed by atoms with Crippen LogP contribution in [0.25, 0.3) is 16.9 Å². The smallest absolute Gasteiger partial charge is 0.433 e. The van der Waals surface area contributed by atoms with Gasteiger partial charge in [-0.25, -0.2) is 9.50 Å². The lowest BCUT2D eigenvalue weighted by atomic mass is 10.1. The van der Waals surface area contributed by atoms with Crippen molar-refractivity contribution < 1.29 is 27.4 Å². The molecule has 8 nitrogen and oxygen atoms in total. The molecule has 4 aromatic rings. The maximum absolute atomic E-state index is 13.8. The number of anilines is 1. The van der Waals surface area contributed by atoms with Crippen LogP contribution in [0.15, 0.2) is 54.9 Å². The maximum Gasteiger partial charge on any atom is 0.433 e. The fourth-order valence-electron chi connectivity index (χ4n) is 3.06. The molecule has 1 aromatic carbocycles. The number of methoxy groups -OCH3 is 2. The summed E-state index contributed by atoms with van der Waals surface area (Å²) in [5.74, 6) is 0.0710. The van der Waals surface area contributed by atoms with Crippen LogP contribution in [0.1, 0.15) is 16.2 Å². The third-order valence-corrected chi connectivity index (χ3v) is 4.55. The van der Waals surface area contributed by atoms with Crippen molar-refractivity contribution in [3.63, 3.8) is 0 Å². The first kappa shape index (κ1) is 21.1. The average Bonchev–Trinajstić information content (AvgIpc) is 3.22. The van der Waals surface area contributed by atoms with Gasteiger partial charge in [0.05, 0.1) is 31.8 Å². The number of alkyl halides is 3. The van der Waals surface area contributed by atoms with Crippen LogP contribution in [0.5, 0.6) is 11.5 Å². The van der Waals surface area contributed by atoms with Crippen LogP contribution in [0.4, 0.5) is 18.9 Å². The number of hydrogen-bond donors (Lipinski definition) is 1. The van der Waals surface area contributed by atoms with E-state index in [9.17, 15) is 18.0 Å². The lowest BCUT2D eigenvalue weighted by Crippen LogP contribution is -2.15. The van der Waals surface area contributed by atoms with Crippen molar-refractivity contribution in [1.82, 2.24) is 19.6 Å². The second-order valence-electron chi connectivity index (χ2n) is 6.59. The molecule has 0 radical (unpaired) electrons. The summed E-state index contributed by atoms with van der Waals surface area (Å²) in [5.41, 5.74) is -0.655. The lowest BCUT2D eigenvalue weighted by Gasteiger charge is -2.12. The van der Waals surface area contributed by atoms with Gasteiger partial charge in [0.15, 0.2) is 28.5 Å². The Balaban J connectivity index is 1.81. The molecular weight excluding hydrogens is 427 g/mol. The first-order chi connectivity index (χ1) is 15.3. The van der Waals surface area contributed by atoms with Crippen molar-refractivity contribution in [2.45, 2.75) is 6.18 Å². The zero-order chi connectivity index (χ0) is 22.9. The number of ether oxygens (including phenoxy) is 2. The summed E-state index contributed by atoms with van der Waals surface area (Å²) in [7, 11) is 2.87. The van der Waals surface area contributed by atoms with Gasteiger partial charge in [-0.2, -0.15) is 18.3 Å². The van der Waals surface area contributed by atoms with Gasteiger partial charge in [0, 0.05) is 17.8 Å². The van der Waals surface area contributed by atoms with E-state index >= 15 is 0 Å². The molecule has 0 spiro atoms. The predicted octanol–water partition coefficient (Wildman–Crippen LogP) is 4.08.